The van der Waals surface area contributed by atoms with Crippen molar-refractivity contribution in [1.29, 1.82) is 0 Å². The average Bonchev–Trinajstić information content (AvgIpc) is 3.34. The summed E-state index contributed by atoms with van der Waals surface area (Å²) >= 11 is 13.2. The molecular weight excluding hydrogens is 518 g/mol. The Morgan fingerprint density at radius 3 is 2.42 bits per heavy atom. The van der Waals surface area contributed by atoms with Crippen LogP contribution in [0.4, 0.5) is 9.18 Å². The summed E-state index contributed by atoms with van der Waals surface area (Å²) in [5.41, 5.74) is 4.79. The molecule has 1 saturated heterocycles. The minimum absolute atomic E-state index is 0.0986. The fourth-order valence-corrected chi connectivity index (χ4v) is 5.52. The van der Waals surface area contributed by atoms with Crippen molar-refractivity contribution in [2.75, 3.05) is 0 Å². The van der Waals surface area contributed by atoms with E-state index in [1.807, 2.05) is 30.5 Å². The zero-order valence-electron chi connectivity index (χ0n) is 19.3. The number of halogens is 3. The molecule has 0 spiro atoms. The van der Waals surface area contributed by atoms with E-state index in [1.165, 1.54) is 22.6 Å². The summed E-state index contributed by atoms with van der Waals surface area (Å²) in [7, 11) is 0. The first-order chi connectivity index (χ1) is 17.3. The number of thioether (sulfide) groups is 1. The predicted molar refractivity (Wildman–Crippen MR) is 145 cm³/mol. The van der Waals surface area contributed by atoms with Crippen molar-refractivity contribution in [3.8, 4) is 0 Å². The van der Waals surface area contributed by atoms with E-state index in [9.17, 15) is 14.0 Å². The van der Waals surface area contributed by atoms with Crippen LogP contribution in [0.25, 0.3) is 17.0 Å². The lowest BCUT2D eigenvalue weighted by atomic mass is 10.1. The summed E-state index contributed by atoms with van der Waals surface area (Å²) in [6.07, 6.45) is 4.62. The van der Waals surface area contributed by atoms with Gasteiger partial charge in [0.15, 0.2) is 0 Å². The van der Waals surface area contributed by atoms with Gasteiger partial charge in [0.1, 0.15) is 5.82 Å². The van der Waals surface area contributed by atoms with E-state index in [2.05, 4.69) is 17.6 Å². The average molecular weight is 539 g/mol. The highest BCUT2D eigenvalue weighted by atomic mass is 35.5. The molecule has 182 valence electrons. The van der Waals surface area contributed by atoms with Crippen LogP contribution in [0.2, 0.25) is 10.0 Å². The van der Waals surface area contributed by atoms with Crippen molar-refractivity contribution in [2.45, 2.75) is 26.4 Å². The number of carbonyl (C=O) groups is 2. The zero-order chi connectivity index (χ0) is 25.4. The van der Waals surface area contributed by atoms with Gasteiger partial charge in [0.25, 0.3) is 11.1 Å². The molecule has 5 rings (SSSR count). The molecule has 1 aromatic heterocycles. The molecule has 2 amide bonds. The molecule has 1 aliphatic heterocycles. The van der Waals surface area contributed by atoms with Crippen LogP contribution < -0.4 is 0 Å². The molecule has 0 bridgehead atoms. The van der Waals surface area contributed by atoms with Crippen LogP contribution in [-0.4, -0.2) is 20.6 Å². The van der Waals surface area contributed by atoms with E-state index in [0.29, 0.717) is 27.1 Å². The molecule has 0 aliphatic carbocycles. The minimum Gasteiger partial charge on any atom is -0.342 e. The Bertz CT molecular complexity index is 1530. The Balaban J connectivity index is 1.51. The maximum atomic E-state index is 13.2. The number of imide groups is 1. The van der Waals surface area contributed by atoms with Gasteiger partial charge in [-0.3, -0.25) is 14.5 Å². The summed E-state index contributed by atoms with van der Waals surface area (Å²) in [5, 5.41) is 1.66. The van der Waals surface area contributed by atoms with E-state index in [-0.39, 0.29) is 23.5 Å². The molecule has 4 aromatic rings. The smallest absolute Gasteiger partial charge is 0.293 e. The first-order valence-corrected chi connectivity index (χ1v) is 13.0. The molecule has 4 nitrogen and oxygen atoms in total. The van der Waals surface area contributed by atoms with Crippen molar-refractivity contribution in [3.63, 3.8) is 0 Å². The van der Waals surface area contributed by atoms with Crippen molar-refractivity contribution >= 4 is 63.1 Å². The largest absolute Gasteiger partial charge is 0.342 e. The van der Waals surface area contributed by atoms with Gasteiger partial charge in [-0.05, 0) is 65.2 Å². The summed E-state index contributed by atoms with van der Waals surface area (Å²) in [6.45, 7) is 2.78. The van der Waals surface area contributed by atoms with Crippen molar-refractivity contribution in [1.82, 2.24) is 9.47 Å². The summed E-state index contributed by atoms with van der Waals surface area (Å²) in [4.78, 5) is 27.3. The molecule has 36 heavy (non-hydrogen) atoms. The van der Waals surface area contributed by atoms with E-state index in [4.69, 9.17) is 23.2 Å². The van der Waals surface area contributed by atoms with Crippen molar-refractivity contribution < 1.29 is 14.0 Å². The number of hydrogen-bond acceptors (Lipinski definition) is 3. The van der Waals surface area contributed by atoms with Crippen LogP contribution in [0, 0.1) is 5.82 Å². The lowest BCUT2D eigenvalue weighted by Gasteiger charge is -2.12. The Labute approximate surface area is 222 Å². The Morgan fingerprint density at radius 1 is 0.944 bits per heavy atom. The lowest BCUT2D eigenvalue weighted by Crippen LogP contribution is -2.27. The monoisotopic (exact) mass is 538 g/mol. The molecule has 1 aliphatic rings. The number of hydrogen-bond donors (Lipinski definition) is 0. The van der Waals surface area contributed by atoms with E-state index < -0.39 is 0 Å². The number of amides is 2. The highest BCUT2D eigenvalue weighted by molar-refractivity contribution is 8.18. The van der Waals surface area contributed by atoms with Crippen LogP contribution in [0.1, 0.15) is 29.2 Å². The van der Waals surface area contributed by atoms with Gasteiger partial charge in [-0.25, -0.2) is 4.39 Å². The molecule has 0 atom stereocenters. The first kappa shape index (κ1) is 24.6. The second kappa shape index (κ2) is 10.1. The van der Waals surface area contributed by atoms with Crippen molar-refractivity contribution in [2.24, 2.45) is 0 Å². The third-order valence-electron chi connectivity index (χ3n) is 6.14. The fourth-order valence-electron chi connectivity index (χ4n) is 4.38. The van der Waals surface area contributed by atoms with Gasteiger partial charge in [-0.1, -0.05) is 66.5 Å². The van der Waals surface area contributed by atoms with E-state index >= 15 is 0 Å². The summed E-state index contributed by atoms with van der Waals surface area (Å²) in [6, 6.07) is 17.5. The zero-order valence-corrected chi connectivity index (χ0v) is 21.6. The molecule has 0 saturated carbocycles. The third kappa shape index (κ3) is 4.81. The van der Waals surface area contributed by atoms with Gasteiger partial charge in [-0.15, -0.1) is 0 Å². The van der Waals surface area contributed by atoms with Gasteiger partial charge >= 0.3 is 0 Å². The molecular formula is C28H21Cl2FN2O2S. The molecule has 0 N–H and O–H groups in total. The minimum atomic E-state index is -0.364. The number of rotatable bonds is 6. The second-order valence-electron chi connectivity index (χ2n) is 8.52. The maximum Gasteiger partial charge on any atom is 0.293 e. The number of fused-ring (bicyclic) bond motifs is 1. The Hall–Kier alpha value is -3.06. The van der Waals surface area contributed by atoms with Gasteiger partial charge in [0.2, 0.25) is 0 Å². The van der Waals surface area contributed by atoms with Crippen LogP contribution in [0.3, 0.4) is 0 Å². The van der Waals surface area contributed by atoms with Gasteiger partial charge in [0, 0.05) is 23.7 Å². The molecule has 1 fully saturated rings. The third-order valence-corrected chi connectivity index (χ3v) is 7.79. The highest BCUT2D eigenvalue weighted by Gasteiger charge is 2.35. The number of benzene rings is 3. The quantitative estimate of drug-likeness (QED) is 0.234. The van der Waals surface area contributed by atoms with Crippen LogP contribution in [-0.2, 0) is 24.3 Å². The van der Waals surface area contributed by atoms with Crippen molar-refractivity contribution in [3.05, 3.63) is 110 Å². The van der Waals surface area contributed by atoms with Gasteiger partial charge in [0.05, 0.1) is 27.0 Å². The lowest BCUT2D eigenvalue weighted by molar-refractivity contribution is -0.123. The second-order valence-corrected chi connectivity index (χ2v) is 10.3. The number of aryl methyl sites for hydroxylation is 1. The summed E-state index contributed by atoms with van der Waals surface area (Å²) in [5.74, 6) is -0.720. The number of nitrogens with zero attached hydrogens (tertiary/aromatic N) is 2. The highest BCUT2D eigenvalue weighted by Crippen LogP contribution is 2.36. The Morgan fingerprint density at radius 2 is 1.69 bits per heavy atom. The van der Waals surface area contributed by atoms with Gasteiger partial charge < -0.3 is 4.57 Å². The van der Waals surface area contributed by atoms with Crippen LogP contribution >= 0.6 is 35.0 Å². The van der Waals surface area contributed by atoms with Gasteiger partial charge in [-0.2, -0.15) is 0 Å². The first-order valence-electron chi connectivity index (χ1n) is 11.4. The maximum absolute atomic E-state index is 13.2. The normalized spacial score (nSPS) is 15.0. The molecule has 0 radical (unpaired) electrons. The summed E-state index contributed by atoms with van der Waals surface area (Å²) < 4.78 is 15.4. The SMILES string of the molecule is CCc1cccc2c(/C=C3\SC(=O)N(Cc4ccc(F)cc4)C3=O)cn(Cc3ccc(Cl)c(Cl)c3)c12. The van der Waals surface area contributed by atoms with Crippen LogP contribution in [0.5, 0.6) is 0 Å². The topological polar surface area (TPSA) is 42.3 Å². The predicted octanol–water partition coefficient (Wildman–Crippen LogP) is 7.93. The number of aromatic nitrogens is 1. The molecule has 8 heteroatoms. The molecule has 0 unspecified atom stereocenters. The molecule has 2 heterocycles. The fraction of sp³-hybridized carbons (Fsp3) is 0.143. The van der Waals surface area contributed by atoms with E-state index in [1.54, 1.807) is 24.3 Å². The Kier molecular flexibility index (Phi) is 6.93. The number of para-hydroxylation sites is 1. The standard InChI is InChI=1S/C28H21Cl2FN2O2S/c1-2-19-4-3-5-22-20(16-32(26(19)22)14-18-8-11-23(29)24(30)12-18)13-25-27(34)33(28(35)36-25)15-17-6-9-21(31)10-7-17/h3-13,16H,2,14-15H2,1H3/b25-13-. The number of carbonyl (C=O) groups excluding carboxylic acids is 2. The van der Waals surface area contributed by atoms with E-state index in [0.717, 1.165) is 40.2 Å². The molecule has 3 aromatic carbocycles. The van der Waals surface area contributed by atoms with Crippen LogP contribution in [0.15, 0.2) is 71.8 Å².